The van der Waals surface area contributed by atoms with Gasteiger partial charge in [-0.15, -0.1) is 0 Å². The van der Waals surface area contributed by atoms with Crippen molar-refractivity contribution in [3.8, 4) is 17.2 Å². The minimum Gasteiger partial charge on any atom is -0.493 e. The smallest absolute Gasteiger partial charge is 0.335 e. The van der Waals surface area contributed by atoms with Gasteiger partial charge in [0.1, 0.15) is 24.5 Å². The number of hydrogen-bond donors (Lipinski definition) is 1. The molecule has 11 nitrogen and oxygen atoms in total. The number of barbiturate groups is 1. The summed E-state index contributed by atoms with van der Waals surface area (Å²) in [5, 5.41) is 13.1. The van der Waals surface area contributed by atoms with Crippen LogP contribution >= 0.6 is 0 Å². The Labute approximate surface area is 252 Å². The van der Waals surface area contributed by atoms with E-state index >= 15 is 0 Å². The van der Waals surface area contributed by atoms with E-state index in [9.17, 15) is 24.5 Å². The summed E-state index contributed by atoms with van der Waals surface area (Å²) < 4.78 is 17.1. The summed E-state index contributed by atoms with van der Waals surface area (Å²) in [6, 6.07) is 24.3. The van der Waals surface area contributed by atoms with Crippen LogP contribution < -0.4 is 24.4 Å². The van der Waals surface area contributed by atoms with Crippen molar-refractivity contribution in [1.82, 2.24) is 5.32 Å². The molecule has 0 bridgehead atoms. The average Bonchev–Trinajstić information content (AvgIpc) is 3.02. The van der Waals surface area contributed by atoms with Crippen molar-refractivity contribution < 1.29 is 33.5 Å². The van der Waals surface area contributed by atoms with Crippen molar-refractivity contribution in [3.05, 3.63) is 129 Å². The highest BCUT2D eigenvalue weighted by Crippen LogP contribution is 2.31. The number of benzene rings is 4. The van der Waals surface area contributed by atoms with E-state index in [-0.39, 0.29) is 23.6 Å². The van der Waals surface area contributed by atoms with E-state index in [2.05, 4.69) is 5.32 Å². The van der Waals surface area contributed by atoms with Gasteiger partial charge in [-0.05, 0) is 78.2 Å². The number of anilines is 1. The summed E-state index contributed by atoms with van der Waals surface area (Å²) in [6.45, 7) is 2.49. The Morgan fingerprint density at radius 3 is 2.09 bits per heavy atom. The monoisotopic (exact) mass is 593 g/mol. The lowest BCUT2D eigenvalue weighted by molar-refractivity contribution is -0.384. The lowest BCUT2D eigenvalue weighted by Gasteiger charge is -2.26. The highest BCUT2D eigenvalue weighted by molar-refractivity contribution is 6.39. The number of nitrogens with one attached hydrogen (secondary N) is 1. The Hall–Kier alpha value is -5.97. The fourth-order valence-corrected chi connectivity index (χ4v) is 4.37. The van der Waals surface area contributed by atoms with Gasteiger partial charge >= 0.3 is 6.03 Å². The van der Waals surface area contributed by atoms with Crippen LogP contribution in [0.4, 0.5) is 16.2 Å². The number of aryl methyl sites for hydroxylation is 1. The molecule has 1 aliphatic rings. The van der Waals surface area contributed by atoms with Crippen molar-refractivity contribution in [3.63, 3.8) is 0 Å². The predicted molar refractivity (Wildman–Crippen MR) is 161 cm³/mol. The molecule has 0 aromatic heterocycles. The lowest BCUT2D eigenvalue weighted by Crippen LogP contribution is -2.54. The molecule has 4 aromatic carbocycles. The number of nitro groups is 1. The van der Waals surface area contributed by atoms with Gasteiger partial charge in [0.25, 0.3) is 17.5 Å². The number of nitrogens with zero attached hydrogens (tertiary/aromatic N) is 2. The zero-order valence-electron chi connectivity index (χ0n) is 23.8. The molecular weight excluding hydrogens is 566 g/mol. The molecule has 0 radical (unpaired) electrons. The Balaban J connectivity index is 1.29. The third-order valence-corrected chi connectivity index (χ3v) is 6.76. The number of rotatable bonds is 10. The minimum atomic E-state index is -0.863. The van der Waals surface area contributed by atoms with E-state index < -0.39 is 22.8 Å². The van der Waals surface area contributed by atoms with E-state index in [1.165, 1.54) is 25.3 Å². The maximum absolute atomic E-state index is 13.4. The van der Waals surface area contributed by atoms with Crippen LogP contribution in [0.5, 0.6) is 17.2 Å². The molecule has 0 spiro atoms. The maximum atomic E-state index is 13.4. The van der Waals surface area contributed by atoms with Crippen LogP contribution in [-0.2, 0) is 22.8 Å². The largest absolute Gasteiger partial charge is 0.493 e. The lowest BCUT2D eigenvalue weighted by atomic mass is 10.1. The Morgan fingerprint density at radius 1 is 0.818 bits per heavy atom. The van der Waals surface area contributed by atoms with Crippen LogP contribution in [0.15, 0.2) is 96.6 Å². The fourth-order valence-electron chi connectivity index (χ4n) is 4.37. The molecule has 44 heavy (non-hydrogen) atoms. The molecule has 1 N–H and O–H groups in total. The van der Waals surface area contributed by atoms with Gasteiger partial charge < -0.3 is 14.2 Å². The molecule has 4 amide bonds. The molecule has 222 valence electrons. The van der Waals surface area contributed by atoms with Gasteiger partial charge in [0.2, 0.25) is 0 Å². The first-order chi connectivity index (χ1) is 21.2. The number of ether oxygens (including phenoxy) is 3. The highest BCUT2D eigenvalue weighted by atomic mass is 16.6. The topological polar surface area (TPSA) is 137 Å². The summed E-state index contributed by atoms with van der Waals surface area (Å²) in [7, 11) is 1.44. The van der Waals surface area contributed by atoms with Crippen LogP contribution in [0, 0.1) is 17.0 Å². The second-order valence-corrected chi connectivity index (χ2v) is 9.85. The van der Waals surface area contributed by atoms with Gasteiger partial charge in [-0.25, -0.2) is 9.69 Å². The fraction of sp³-hybridized carbons (Fsp3) is 0.121. The third kappa shape index (κ3) is 6.73. The van der Waals surface area contributed by atoms with Crippen molar-refractivity contribution >= 4 is 35.3 Å². The highest BCUT2D eigenvalue weighted by Gasteiger charge is 2.36. The Morgan fingerprint density at radius 2 is 1.45 bits per heavy atom. The molecule has 0 aliphatic carbocycles. The summed E-state index contributed by atoms with van der Waals surface area (Å²) in [5.74, 6) is -0.349. The molecule has 1 saturated heterocycles. The third-order valence-electron chi connectivity index (χ3n) is 6.76. The van der Waals surface area contributed by atoms with E-state index in [1.54, 1.807) is 54.6 Å². The molecular formula is C33H27N3O8. The summed E-state index contributed by atoms with van der Waals surface area (Å²) in [4.78, 5) is 50.0. The van der Waals surface area contributed by atoms with Gasteiger partial charge in [0.15, 0.2) is 11.5 Å². The van der Waals surface area contributed by atoms with Crippen molar-refractivity contribution in [2.45, 2.75) is 20.1 Å². The summed E-state index contributed by atoms with van der Waals surface area (Å²) >= 11 is 0. The molecule has 5 rings (SSSR count). The first-order valence-corrected chi connectivity index (χ1v) is 13.5. The standard InChI is InChI=1S/C33H27N3O8/c1-21-3-5-22(6-4-21)19-43-27-14-12-25(13-15-27)35-32(38)28(31(37)34-33(35)39)17-24-9-16-29(30(18-24)42-2)44-20-23-7-10-26(11-8-23)36(40)41/h3-18H,19-20H2,1-2H3,(H,34,37,39)/b28-17+. The minimum absolute atomic E-state index is 0.0230. The van der Waals surface area contributed by atoms with E-state index in [0.717, 1.165) is 16.0 Å². The van der Waals surface area contributed by atoms with Crippen LogP contribution in [0.1, 0.15) is 22.3 Å². The SMILES string of the molecule is COc1cc(/C=C2\C(=O)NC(=O)N(c3ccc(OCc4ccc(C)cc4)cc3)C2=O)ccc1OCc1ccc([N+](=O)[O-])cc1. The predicted octanol–water partition coefficient (Wildman–Crippen LogP) is 5.74. The number of imide groups is 2. The van der Waals surface area contributed by atoms with Gasteiger partial charge in [-0.3, -0.25) is 25.0 Å². The van der Waals surface area contributed by atoms with Crippen LogP contribution in [0.3, 0.4) is 0 Å². The van der Waals surface area contributed by atoms with Crippen molar-refractivity contribution in [2.24, 2.45) is 0 Å². The van der Waals surface area contributed by atoms with Crippen LogP contribution in [0.2, 0.25) is 0 Å². The Bertz CT molecular complexity index is 1750. The van der Waals surface area contributed by atoms with Crippen molar-refractivity contribution in [2.75, 3.05) is 12.0 Å². The van der Waals surface area contributed by atoms with E-state index in [1.807, 2.05) is 31.2 Å². The first kappa shape index (κ1) is 29.5. The normalized spacial score (nSPS) is 13.9. The second kappa shape index (κ2) is 12.9. The number of amides is 4. The number of non-ortho nitro benzene ring substituents is 1. The van der Waals surface area contributed by atoms with E-state index in [4.69, 9.17) is 14.2 Å². The molecule has 0 unspecified atom stereocenters. The van der Waals surface area contributed by atoms with E-state index in [0.29, 0.717) is 35.0 Å². The Kier molecular flexibility index (Phi) is 8.66. The van der Waals surface area contributed by atoms with Crippen LogP contribution in [0.25, 0.3) is 6.08 Å². The van der Waals surface area contributed by atoms with Gasteiger partial charge in [0, 0.05) is 12.1 Å². The summed E-state index contributed by atoms with van der Waals surface area (Å²) in [5.41, 5.74) is 3.31. The quantitative estimate of drug-likeness (QED) is 0.106. The summed E-state index contributed by atoms with van der Waals surface area (Å²) in [6.07, 6.45) is 1.36. The van der Waals surface area contributed by atoms with Gasteiger partial charge in [-0.1, -0.05) is 35.9 Å². The molecule has 0 atom stereocenters. The van der Waals surface area contributed by atoms with Crippen molar-refractivity contribution in [1.29, 1.82) is 0 Å². The molecule has 11 heteroatoms. The second-order valence-electron chi connectivity index (χ2n) is 9.85. The zero-order chi connectivity index (χ0) is 31.2. The number of urea groups is 1. The maximum Gasteiger partial charge on any atom is 0.335 e. The molecule has 1 aliphatic heterocycles. The number of carbonyl (C=O) groups is 3. The molecule has 0 saturated carbocycles. The molecule has 4 aromatic rings. The number of nitro benzene ring substituents is 1. The number of carbonyl (C=O) groups excluding carboxylic acids is 3. The number of methoxy groups -OCH3 is 1. The van der Waals surface area contributed by atoms with Gasteiger partial charge in [-0.2, -0.15) is 0 Å². The van der Waals surface area contributed by atoms with Gasteiger partial charge in [0.05, 0.1) is 17.7 Å². The first-order valence-electron chi connectivity index (χ1n) is 13.5. The molecule has 1 fully saturated rings. The average molecular weight is 594 g/mol. The van der Waals surface area contributed by atoms with Crippen LogP contribution in [-0.4, -0.2) is 29.9 Å². The molecule has 1 heterocycles. The number of hydrogen-bond acceptors (Lipinski definition) is 8. The zero-order valence-corrected chi connectivity index (χ0v) is 23.8.